The predicted molar refractivity (Wildman–Crippen MR) is 114 cm³/mol. The largest absolute Gasteiger partial charge is 0.497 e. The third-order valence-corrected chi connectivity index (χ3v) is 5.82. The third kappa shape index (κ3) is 5.39. The van der Waals surface area contributed by atoms with Crippen LogP contribution < -0.4 is 10.1 Å². The van der Waals surface area contributed by atoms with Gasteiger partial charge in [0.05, 0.1) is 26.3 Å². The Morgan fingerprint density at radius 2 is 1.93 bits per heavy atom. The Morgan fingerprint density at radius 3 is 2.57 bits per heavy atom. The minimum Gasteiger partial charge on any atom is -0.497 e. The van der Waals surface area contributed by atoms with E-state index >= 15 is 0 Å². The summed E-state index contributed by atoms with van der Waals surface area (Å²) in [6.07, 6.45) is 3.73. The number of hydrogen-bond donors (Lipinski definition) is 1. The topological polar surface area (TPSA) is 49.3 Å². The maximum atomic E-state index is 5.35. The number of aliphatic imine (C=N–C) groups is 1. The van der Waals surface area contributed by atoms with Gasteiger partial charge >= 0.3 is 0 Å². The molecular formula is C22H36N4O2. The number of guanidine groups is 1. The zero-order chi connectivity index (χ0) is 19.8. The summed E-state index contributed by atoms with van der Waals surface area (Å²) in [4.78, 5) is 10.0. The summed E-state index contributed by atoms with van der Waals surface area (Å²) in [5.74, 6) is 2.55. The quantitative estimate of drug-likeness (QED) is 0.548. The van der Waals surface area contributed by atoms with Gasteiger partial charge in [0.15, 0.2) is 5.96 Å². The molecule has 6 nitrogen and oxygen atoms in total. The van der Waals surface area contributed by atoms with Gasteiger partial charge in [-0.3, -0.25) is 9.89 Å². The van der Waals surface area contributed by atoms with E-state index < -0.39 is 0 Å². The second-order valence-corrected chi connectivity index (χ2v) is 7.78. The van der Waals surface area contributed by atoms with Crippen molar-refractivity contribution in [2.75, 3.05) is 60.1 Å². The lowest BCUT2D eigenvalue weighted by Gasteiger charge is -2.28. The SMILES string of the molecule is CCNC(=NCC(c1ccc(OC)cc1)N1CCCC1)N1CCC(COC)C1. The smallest absolute Gasteiger partial charge is 0.193 e. The molecule has 2 aliphatic rings. The van der Waals surface area contributed by atoms with Crippen molar-refractivity contribution in [1.82, 2.24) is 15.1 Å². The van der Waals surface area contributed by atoms with Crippen molar-refractivity contribution in [3.63, 3.8) is 0 Å². The van der Waals surface area contributed by atoms with E-state index in [9.17, 15) is 0 Å². The average Bonchev–Trinajstić information content (AvgIpc) is 3.41. The molecule has 2 atom stereocenters. The highest BCUT2D eigenvalue weighted by Crippen LogP contribution is 2.27. The first kappa shape index (κ1) is 20.9. The van der Waals surface area contributed by atoms with Crippen LogP contribution >= 0.6 is 0 Å². The first-order valence-corrected chi connectivity index (χ1v) is 10.6. The first-order valence-electron chi connectivity index (χ1n) is 10.6. The van der Waals surface area contributed by atoms with E-state index in [1.807, 2.05) is 0 Å². The molecule has 0 bridgehead atoms. The van der Waals surface area contributed by atoms with E-state index in [4.69, 9.17) is 14.5 Å². The summed E-state index contributed by atoms with van der Waals surface area (Å²) in [7, 11) is 3.50. The van der Waals surface area contributed by atoms with E-state index in [1.54, 1.807) is 14.2 Å². The lowest BCUT2D eigenvalue weighted by molar-refractivity contribution is 0.157. The molecule has 1 N–H and O–H groups in total. The highest BCUT2D eigenvalue weighted by atomic mass is 16.5. The molecule has 28 heavy (non-hydrogen) atoms. The lowest BCUT2D eigenvalue weighted by atomic mass is 10.1. The van der Waals surface area contributed by atoms with Crippen LogP contribution in [0.5, 0.6) is 5.75 Å². The molecule has 2 fully saturated rings. The Morgan fingerprint density at radius 1 is 1.18 bits per heavy atom. The fourth-order valence-corrected chi connectivity index (χ4v) is 4.31. The molecule has 3 rings (SSSR count). The van der Waals surface area contributed by atoms with Crippen LogP contribution in [0.1, 0.15) is 37.8 Å². The number of likely N-dealkylation sites (tertiary alicyclic amines) is 2. The van der Waals surface area contributed by atoms with Crippen LogP contribution in [0.15, 0.2) is 29.3 Å². The van der Waals surface area contributed by atoms with E-state index in [0.29, 0.717) is 12.0 Å². The molecule has 0 saturated carbocycles. The molecule has 6 heteroatoms. The summed E-state index contributed by atoms with van der Waals surface area (Å²) in [6, 6.07) is 8.81. The summed E-state index contributed by atoms with van der Waals surface area (Å²) in [5, 5.41) is 3.50. The van der Waals surface area contributed by atoms with Gasteiger partial charge in [-0.2, -0.15) is 0 Å². The van der Waals surface area contributed by atoms with Gasteiger partial charge in [0.2, 0.25) is 0 Å². The molecule has 0 aromatic heterocycles. The van der Waals surface area contributed by atoms with Crippen molar-refractivity contribution in [2.24, 2.45) is 10.9 Å². The van der Waals surface area contributed by atoms with Gasteiger partial charge < -0.3 is 19.7 Å². The molecule has 0 radical (unpaired) electrons. The Hall–Kier alpha value is -1.79. The number of hydrogen-bond acceptors (Lipinski definition) is 4. The molecular weight excluding hydrogens is 352 g/mol. The van der Waals surface area contributed by atoms with Gasteiger partial charge in [0.25, 0.3) is 0 Å². The molecule has 1 aromatic carbocycles. The van der Waals surface area contributed by atoms with Crippen LogP contribution in [-0.4, -0.2) is 75.9 Å². The molecule has 2 saturated heterocycles. The molecule has 0 spiro atoms. The van der Waals surface area contributed by atoms with Crippen LogP contribution in [0.3, 0.4) is 0 Å². The zero-order valence-corrected chi connectivity index (χ0v) is 17.7. The van der Waals surface area contributed by atoms with Crippen LogP contribution in [0.4, 0.5) is 0 Å². The van der Waals surface area contributed by atoms with Crippen LogP contribution in [0.2, 0.25) is 0 Å². The maximum absolute atomic E-state index is 5.35. The summed E-state index contributed by atoms with van der Waals surface area (Å²) >= 11 is 0. The van der Waals surface area contributed by atoms with Crippen molar-refractivity contribution in [2.45, 2.75) is 32.2 Å². The number of ether oxygens (including phenoxy) is 2. The standard InChI is InChI=1S/C22H36N4O2/c1-4-23-22(26-14-11-18(16-26)17-27-2)24-15-21(25-12-5-6-13-25)19-7-9-20(28-3)10-8-19/h7-10,18,21H,4-6,11-17H2,1-3H3,(H,23,24). The van der Waals surface area contributed by atoms with Crippen molar-refractivity contribution in [3.05, 3.63) is 29.8 Å². The number of benzene rings is 1. The molecule has 2 aliphatic heterocycles. The van der Waals surface area contributed by atoms with Crippen LogP contribution in [0.25, 0.3) is 0 Å². The Bertz CT molecular complexity index is 613. The lowest BCUT2D eigenvalue weighted by Crippen LogP contribution is -2.41. The normalized spacial score (nSPS) is 21.9. The summed E-state index contributed by atoms with van der Waals surface area (Å²) < 4.78 is 10.7. The minimum absolute atomic E-state index is 0.319. The predicted octanol–water partition coefficient (Wildman–Crippen LogP) is 2.77. The van der Waals surface area contributed by atoms with Crippen molar-refractivity contribution >= 4 is 5.96 Å². The van der Waals surface area contributed by atoms with Gasteiger partial charge in [-0.25, -0.2) is 0 Å². The zero-order valence-electron chi connectivity index (χ0n) is 17.7. The number of methoxy groups -OCH3 is 2. The monoisotopic (exact) mass is 388 g/mol. The second-order valence-electron chi connectivity index (χ2n) is 7.78. The molecule has 156 valence electrons. The van der Waals surface area contributed by atoms with Crippen molar-refractivity contribution in [1.29, 1.82) is 0 Å². The minimum atomic E-state index is 0.319. The summed E-state index contributed by atoms with van der Waals surface area (Å²) in [6.45, 7) is 9.03. The number of rotatable bonds is 8. The van der Waals surface area contributed by atoms with Gasteiger partial charge in [-0.1, -0.05) is 12.1 Å². The van der Waals surface area contributed by atoms with E-state index in [0.717, 1.165) is 57.6 Å². The molecule has 0 amide bonds. The fourth-order valence-electron chi connectivity index (χ4n) is 4.31. The highest BCUT2D eigenvalue weighted by Gasteiger charge is 2.27. The van der Waals surface area contributed by atoms with Gasteiger partial charge in [0.1, 0.15) is 5.75 Å². The average molecular weight is 389 g/mol. The van der Waals surface area contributed by atoms with E-state index in [-0.39, 0.29) is 0 Å². The molecule has 1 aromatic rings. The maximum Gasteiger partial charge on any atom is 0.193 e. The number of nitrogens with zero attached hydrogens (tertiary/aromatic N) is 3. The Kier molecular flexibility index (Phi) is 7.98. The Balaban J connectivity index is 1.73. The molecule has 2 unspecified atom stereocenters. The van der Waals surface area contributed by atoms with Gasteiger partial charge in [0, 0.05) is 32.7 Å². The third-order valence-electron chi connectivity index (χ3n) is 5.82. The number of nitrogens with one attached hydrogen (secondary N) is 1. The molecule has 2 heterocycles. The summed E-state index contributed by atoms with van der Waals surface area (Å²) in [5.41, 5.74) is 1.32. The van der Waals surface area contributed by atoms with Gasteiger partial charge in [-0.05, 0) is 57.0 Å². The second kappa shape index (κ2) is 10.7. The van der Waals surface area contributed by atoms with E-state index in [1.165, 1.54) is 24.8 Å². The van der Waals surface area contributed by atoms with Crippen molar-refractivity contribution < 1.29 is 9.47 Å². The Labute approximate surface area is 169 Å². The van der Waals surface area contributed by atoms with Crippen LogP contribution in [0, 0.1) is 5.92 Å². The molecule has 0 aliphatic carbocycles. The fraction of sp³-hybridized carbons (Fsp3) is 0.682. The van der Waals surface area contributed by atoms with Crippen LogP contribution in [-0.2, 0) is 4.74 Å². The first-order chi connectivity index (χ1) is 13.7. The van der Waals surface area contributed by atoms with Gasteiger partial charge in [-0.15, -0.1) is 0 Å². The van der Waals surface area contributed by atoms with E-state index in [2.05, 4.69) is 46.3 Å². The highest BCUT2D eigenvalue weighted by molar-refractivity contribution is 5.80. The van der Waals surface area contributed by atoms with Crippen molar-refractivity contribution in [3.8, 4) is 5.75 Å².